The molecule has 106 valence electrons. The summed E-state index contributed by atoms with van der Waals surface area (Å²) in [6, 6.07) is 4.75. The average molecular weight is 303 g/mol. The van der Waals surface area contributed by atoms with Gasteiger partial charge >= 0.3 is 5.97 Å². The monoisotopic (exact) mass is 302 g/mol. The molecule has 0 aromatic heterocycles. The molecule has 4 heteroatoms. The van der Waals surface area contributed by atoms with Gasteiger partial charge in [0.25, 0.3) is 0 Å². The molecule has 0 aliphatic carbocycles. The number of esters is 1. The molecule has 1 aromatic carbocycles. The van der Waals surface area contributed by atoms with Gasteiger partial charge in [0, 0.05) is 10.0 Å². The summed E-state index contributed by atoms with van der Waals surface area (Å²) in [5.74, 6) is -0.354. The molecule has 1 rings (SSSR count). The van der Waals surface area contributed by atoms with Gasteiger partial charge < -0.3 is 4.74 Å². The Kier molecular flexibility index (Phi) is 7.25. The van der Waals surface area contributed by atoms with E-state index < -0.39 is 0 Å². The average Bonchev–Trinajstić information content (AvgIpc) is 2.36. The number of ether oxygens (including phenoxy) is 1. The first-order valence-corrected chi connectivity index (χ1v) is 7.49. The number of hydrogen-bond acceptors (Lipinski definition) is 2. The molecule has 1 aromatic rings. The smallest absolute Gasteiger partial charge is 0.338 e. The number of carbonyl (C=O) groups excluding carboxylic acids is 1. The molecule has 2 nitrogen and oxygen atoms in total. The van der Waals surface area contributed by atoms with Gasteiger partial charge in [0.05, 0.1) is 5.56 Å². The third-order valence-electron chi connectivity index (χ3n) is 2.96. The van der Waals surface area contributed by atoms with Crippen molar-refractivity contribution in [1.82, 2.24) is 0 Å². The second-order valence-corrected chi connectivity index (χ2v) is 5.46. The van der Waals surface area contributed by atoms with Crippen molar-refractivity contribution in [3.8, 4) is 0 Å². The Bertz CT molecular complexity index is 398. The quantitative estimate of drug-likeness (QED) is 0.490. The molecule has 1 unspecified atom stereocenters. The molecular weight excluding hydrogens is 283 g/mol. The number of halogens is 2. The molecule has 0 heterocycles. The first-order valence-electron chi connectivity index (χ1n) is 6.73. The van der Waals surface area contributed by atoms with E-state index in [1.807, 2.05) is 6.92 Å². The maximum Gasteiger partial charge on any atom is 0.338 e. The number of hydrogen-bond donors (Lipinski definition) is 0. The normalized spacial score (nSPS) is 12.2. The minimum absolute atomic E-state index is 0.0307. The summed E-state index contributed by atoms with van der Waals surface area (Å²) in [6.07, 6.45) is 5.11. The summed E-state index contributed by atoms with van der Waals surface area (Å²) in [4.78, 5) is 12.0. The van der Waals surface area contributed by atoms with Gasteiger partial charge in [-0.2, -0.15) is 0 Å². The van der Waals surface area contributed by atoms with Crippen LogP contribution < -0.4 is 0 Å². The van der Waals surface area contributed by atoms with Crippen LogP contribution in [0.15, 0.2) is 18.2 Å². The fraction of sp³-hybridized carbons (Fsp3) is 0.533. The summed E-state index contributed by atoms with van der Waals surface area (Å²) in [6.45, 7) is 4.18. The van der Waals surface area contributed by atoms with Gasteiger partial charge in [0.2, 0.25) is 0 Å². The molecule has 0 bridgehead atoms. The Morgan fingerprint density at radius 2 is 1.79 bits per heavy atom. The molecule has 0 aliphatic heterocycles. The predicted octanol–water partition coefficient (Wildman–Crippen LogP) is 5.51. The Morgan fingerprint density at radius 3 is 2.32 bits per heavy atom. The van der Waals surface area contributed by atoms with Crippen LogP contribution in [0, 0.1) is 0 Å². The lowest BCUT2D eigenvalue weighted by atomic mass is 10.1. The van der Waals surface area contributed by atoms with Crippen molar-refractivity contribution in [2.45, 2.75) is 52.1 Å². The Hall–Kier alpha value is -0.730. The molecule has 0 saturated heterocycles. The third kappa shape index (κ3) is 5.84. The maximum absolute atomic E-state index is 12.0. The van der Waals surface area contributed by atoms with Gasteiger partial charge in [-0.25, -0.2) is 4.79 Å². The van der Waals surface area contributed by atoms with Crippen LogP contribution in [-0.2, 0) is 4.74 Å². The number of rotatable bonds is 7. The minimum Gasteiger partial charge on any atom is -0.459 e. The van der Waals surface area contributed by atoms with E-state index >= 15 is 0 Å². The van der Waals surface area contributed by atoms with E-state index in [0.717, 1.165) is 32.1 Å². The van der Waals surface area contributed by atoms with Gasteiger partial charge in [-0.05, 0) is 37.5 Å². The van der Waals surface area contributed by atoms with Crippen LogP contribution in [-0.4, -0.2) is 12.1 Å². The van der Waals surface area contributed by atoms with E-state index in [9.17, 15) is 4.79 Å². The molecule has 0 fully saturated rings. The van der Waals surface area contributed by atoms with E-state index in [1.54, 1.807) is 18.2 Å². The van der Waals surface area contributed by atoms with Crippen molar-refractivity contribution in [2.75, 3.05) is 0 Å². The van der Waals surface area contributed by atoms with Gasteiger partial charge in [0.15, 0.2) is 0 Å². The SMILES string of the molecule is CCCCCC(CC)OC(=O)c1cc(Cl)cc(Cl)c1. The molecule has 0 radical (unpaired) electrons. The van der Waals surface area contributed by atoms with Gasteiger partial charge in [-0.15, -0.1) is 0 Å². The lowest BCUT2D eigenvalue weighted by Crippen LogP contribution is -2.17. The molecule has 19 heavy (non-hydrogen) atoms. The summed E-state index contributed by atoms with van der Waals surface area (Å²) in [5, 5.41) is 0.886. The van der Waals surface area contributed by atoms with Crippen molar-refractivity contribution >= 4 is 29.2 Å². The van der Waals surface area contributed by atoms with Crippen molar-refractivity contribution in [2.24, 2.45) is 0 Å². The maximum atomic E-state index is 12.0. The molecule has 0 aliphatic rings. The first kappa shape index (κ1) is 16.3. The molecule has 1 atom stereocenters. The summed E-state index contributed by atoms with van der Waals surface area (Å²) in [7, 11) is 0. The van der Waals surface area contributed by atoms with E-state index in [2.05, 4.69) is 6.92 Å². The first-order chi connectivity index (χ1) is 9.06. The van der Waals surface area contributed by atoms with Gasteiger partial charge in [0.1, 0.15) is 6.10 Å². The molecule has 0 spiro atoms. The van der Waals surface area contributed by atoms with Gasteiger partial charge in [-0.3, -0.25) is 0 Å². The summed E-state index contributed by atoms with van der Waals surface area (Å²) < 4.78 is 5.49. The number of carbonyl (C=O) groups is 1. The Labute approximate surface area is 125 Å². The summed E-state index contributed by atoms with van der Waals surface area (Å²) in [5.41, 5.74) is 0.409. The van der Waals surface area contributed by atoms with Crippen molar-refractivity contribution in [1.29, 1.82) is 0 Å². The Morgan fingerprint density at radius 1 is 1.16 bits per heavy atom. The van der Waals surface area contributed by atoms with Crippen LogP contribution in [0.25, 0.3) is 0 Å². The highest BCUT2D eigenvalue weighted by Gasteiger charge is 2.15. The van der Waals surface area contributed by atoms with E-state index in [0.29, 0.717) is 15.6 Å². The fourth-order valence-electron chi connectivity index (χ4n) is 1.86. The zero-order chi connectivity index (χ0) is 14.3. The van der Waals surface area contributed by atoms with Crippen LogP contribution >= 0.6 is 23.2 Å². The molecule has 0 saturated carbocycles. The molecular formula is C15H20Cl2O2. The highest BCUT2D eigenvalue weighted by atomic mass is 35.5. The lowest BCUT2D eigenvalue weighted by molar-refractivity contribution is 0.0267. The molecule has 0 N–H and O–H groups in total. The minimum atomic E-state index is -0.354. The summed E-state index contributed by atoms with van der Waals surface area (Å²) >= 11 is 11.7. The number of benzene rings is 1. The zero-order valence-corrected chi connectivity index (χ0v) is 12.9. The highest BCUT2D eigenvalue weighted by molar-refractivity contribution is 6.35. The number of unbranched alkanes of at least 4 members (excludes halogenated alkanes) is 2. The fourth-order valence-corrected chi connectivity index (χ4v) is 2.39. The van der Waals surface area contributed by atoms with Crippen LogP contribution in [0.5, 0.6) is 0 Å². The van der Waals surface area contributed by atoms with Crippen molar-refractivity contribution < 1.29 is 9.53 Å². The molecule has 0 amide bonds. The van der Waals surface area contributed by atoms with E-state index in [1.165, 1.54) is 0 Å². The highest BCUT2D eigenvalue weighted by Crippen LogP contribution is 2.21. The van der Waals surface area contributed by atoms with Crippen LogP contribution in [0.4, 0.5) is 0 Å². The van der Waals surface area contributed by atoms with Crippen LogP contribution in [0.1, 0.15) is 56.3 Å². The largest absolute Gasteiger partial charge is 0.459 e. The van der Waals surface area contributed by atoms with Gasteiger partial charge in [-0.1, -0.05) is 49.9 Å². The standard InChI is InChI=1S/C15H20Cl2O2/c1-3-5-6-7-14(4-2)19-15(18)11-8-12(16)10-13(17)9-11/h8-10,14H,3-7H2,1-2H3. The van der Waals surface area contributed by atoms with E-state index in [-0.39, 0.29) is 12.1 Å². The topological polar surface area (TPSA) is 26.3 Å². The van der Waals surface area contributed by atoms with Crippen LogP contribution in [0.3, 0.4) is 0 Å². The predicted molar refractivity (Wildman–Crippen MR) is 80.1 cm³/mol. The van der Waals surface area contributed by atoms with Crippen molar-refractivity contribution in [3.63, 3.8) is 0 Å². The third-order valence-corrected chi connectivity index (χ3v) is 3.39. The lowest BCUT2D eigenvalue weighted by Gasteiger charge is -2.16. The Balaban J connectivity index is 2.61. The second-order valence-electron chi connectivity index (χ2n) is 4.59. The van der Waals surface area contributed by atoms with Crippen molar-refractivity contribution in [3.05, 3.63) is 33.8 Å². The van der Waals surface area contributed by atoms with E-state index in [4.69, 9.17) is 27.9 Å². The second kappa shape index (κ2) is 8.44. The zero-order valence-electron chi connectivity index (χ0n) is 11.4. The van der Waals surface area contributed by atoms with Crippen LogP contribution in [0.2, 0.25) is 10.0 Å².